The second-order valence-electron chi connectivity index (χ2n) is 8.53. The summed E-state index contributed by atoms with van der Waals surface area (Å²) in [5, 5.41) is 3.34. The minimum atomic E-state index is -0.0448. The molecule has 1 N–H and O–H groups in total. The lowest BCUT2D eigenvalue weighted by molar-refractivity contribution is -0.128. The second-order valence-corrected chi connectivity index (χ2v) is 8.53. The summed E-state index contributed by atoms with van der Waals surface area (Å²) in [6, 6.07) is 3.77. The topological polar surface area (TPSA) is 56.8 Å². The Morgan fingerprint density at radius 2 is 1.54 bits per heavy atom. The van der Waals surface area contributed by atoms with Gasteiger partial charge in [-0.2, -0.15) is 0 Å². The zero-order valence-electron chi connectivity index (χ0n) is 16.0. The molecule has 4 saturated carbocycles. The maximum absolute atomic E-state index is 12.6. The number of rotatable bonds is 6. The highest BCUT2D eigenvalue weighted by atomic mass is 16.5. The van der Waals surface area contributed by atoms with Crippen LogP contribution < -0.4 is 19.5 Å². The van der Waals surface area contributed by atoms with Crippen molar-refractivity contribution in [1.82, 2.24) is 5.32 Å². The van der Waals surface area contributed by atoms with E-state index >= 15 is 0 Å². The van der Waals surface area contributed by atoms with Crippen LogP contribution in [0.5, 0.6) is 17.2 Å². The van der Waals surface area contributed by atoms with E-state index in [1.54, 1.807) is 14.2 Å². The van der Waals surface area contributed by atoms with Crippen LogP contribution in [-0.2, 0) is 4.79 Å². The highest BCUT2D eigenvalue weighted by Crippen LogP contribution is 2.55. The van der Waals surface area contributed by atoms with Crippen LogP contribution in [0, 0.1) is 24.7 Å². The van der Waals surface area contributed by atoms with Gasteiger partial charge in [0.05, 0.1) is 14.2 Å². The fraction of sp³-hybridized carbons (Fsp3) is 0.667. The van der Waals surface area contributed by atoms with Gasteiger partial charge >= 0.3 is 0 Å². The highest BCUT2D eigenvalue weighted by molar-refractivity contribution is 5.78. The van der Waals surface area contributed by atoms with E-state index in [1.807, 2.05) is 19.1 Å². The number of benzene rings is 1. The minimum Gasteiger partial charge on any atom is -0.493 e. The Kier molecular flexibility index (Phi) is 4.49. The van der Waals surface area contributed by atoms with Crippen LogP contribution in [0.1, 0.15) is 44.1 Å². The first-order valence-electron chi connectivity index (χ1n) is 9.66. The van der Waals surface area contributed by atoms with Gasteiger partial charge in [-0.3, -0.25) is 4.79 Å². The number of carbonyl (C=O) groups is 1. The van der Waals surface area contributed by atoms with Crippen molar-refractivity contribution in [2.75, 3.05) is 20.8 Å². The first-order chi connectivity index (χ1) is 12.5. The molecule has 0 unspecified atom stereocenters. The summed E-state index contributed by atoms with van der Waals surface area (Å²) in [4.78, 5) is 12.6. The number of amides is 1. The largest absolute Gasteiger partial charge is 0.493 e. The SMILES string of the molecule is COc1cc(C)cc(OC)c1OCC(=O)NC12CC3CC(CC(C3)C1)C2. The molecule has 4 aliphatic rings. The van der Waals surface area contributed by atoms with Gasteiger partial charge in [0, 0.05) is 5.54 Å². The minimum absolute atomic E-state index is 0.0106. The molecular weight excluding hydrogens is 330 g/mol. The summed E-state index contributed by atoms with van der Waals surface area (Å²) < 4.78 is 16.6. The molecule has 142 valence electrons. The summed E-state index contributed by atoms with van der Waals surface area (Å²) in [6.45, 7) is 1.95. The first-order valence-corrected chi connectivity index (χ1v) is 9.66. The number of hydrogen-bond acceptors (Lipinski definition) is 4. The van der Waals surface area contributed by atoms with Gasteiger partial charge in [-0.25, -0.2) is 0 Å². The van der Waals surface area contributed by atoms with Gasteiger partial charge in [0.2, 0.25) is 5.75 Å². The Bertz CT molecular complexity index is 639. The molecule has 1 amide bonds. The van der Waals surface area contributed by atoms with Gasteiger partial charge in [0.15, 0.2) is 18.1 Å². The van der Waals surface area contributed by atoms with Crippen molar-refractivity contribution in [2.24, 2.45) is 17.8 Å². The summed E-state index contributed by atoms with van der Waals surface area (Å²) in [5.74, 6) is 4.03. The van der Waals surface area contributed by atoms with E-state index in [2.05, 4.69) is 5.32 Å². The van der Waals surface area contributed by atoms with Gasteiger partial charge in [0.25, 0.3) is 5.91 Å². The van der Waals surface area contributed by atoms with Gasteiger partial charge < -0.3 is 19.5 Å². The van der Waals surface area contributed by atoms with Crippen LogP contribution >= 0.6 is 0 Å². The monoisotopic (exact) mass is 359 g/mol. The number of aryl methyl sites for hydroxylation is 1. The number of carbonyl (C=O) groups excluding carboxylic acids is 1. The third-order valence-corrected chi connectivity index (χ3v) is 6.40. The van der Waals surface area contributed by atoms with Gasteiger partial charge in [-0.1, -0.05) is 0 Å². The normalized spacial score (nSPS) is 31.6. The molecular formula is C21H29NO4. The number of nitrogens with one attached hydrogen (secondary N) is 1. The average Bonchev–Trinajstić information content (AvgIpc) is 2.58. The standard InChI is InChI=1S/C21H29NO4/c1-13-4-17(24-2)20(18(5-13)25-3)26-12-19(23)22-21-9-14-6-15(10-21)8-16(7-14)11-21/h4-5,14-16H,6-12H2,1-3H3,(H,22,23). The number of methoxy groups -OCH3 is 2. The maximum atomic E-state index is 12.6. The number of hydrogen-bond donors (Lipinski definition) is 1. The molecule has 5 nitrogen and oxygen atoms in total. The maximum Gasteiger partial charge on any atom is 0.258 e. The highest BCUT2D eigenvalue weighted by Gasteiger charge is 2.51. The predicted octanol–water partition coefficient (Wildman–Crippen LogP) is 3.48. The zero-order valence-corrected chi connectivity index (χ0v) is 16.0. The molecule has 0 aliphatic heterocycles. The lowest BCUT2D eigenvalue weighted by Gasteiger charge is -2.56. The Morgan fingerprint density at radius 3 is 2.00 bits per heavy atom. The Hall–Kier alpha value is -1.91. The van der Waals surface area contributed by atoms with Crippen molar-refractivity contribution < 1.29 is 19.0 Å². The summed E-state index contributed by atoms with van der Waals surface area (Å²) in [6.07, 6.45) is 7.52. The van der Waals surface area contributed by atoms with Gasteiger partial charge in [-0.15, -0.1) is 0 Å². The average molecular weight is 359 g/mol. The fourth-order valence-electron chi connectivity index (χ4n) is 5.89. The Morgan fingerprint density at radius 1 is 1.04 bits per heavy atom. The molecule has 0 saturated heterocycles. The van der Waals surface area contributed by atoms with E-state index in [0.29, 0.717) is 17.2 Å². The third-order valence-electron chi connectivity index (χ3n) is 6.40. The molecule has 0 radical (unpaired) electrons. The van der Waals surface area contributed by atoms with E-state index in [4.69, 9.17) is 14.2 Å². The molecule has 1 aromatic carbocycles. The lowest BCUT2D eigenvalue weighted by atomic mass is 9.53. The first kappa shape index (κ1) is 17.5. The van der Waals surface area contributed by atoms with Crippen LogP contribution in [0.4, 0.5) is 0 Å². The molecule has 0 heterocycles. The summed E-state index contributed by atoms with van der Waals surface area (Å²) in [7, 11) is 3.19. The van der Waals surface area contributed by atoms with Gasteiger partial charge in [-0.05, 0) is 80.9 Å². The van der Waals surface area contributed by atoms with E-state index in [1.165, 1.54) is 19.3 Å². The zero-order chi connectivity index (χ0) is 18.3. The van der Waals surface area contributed by atoms with Crippen molar-refractivity contribution in [3.05, 3.63) is 17.7 Å². The Labute approximate surface area is 155 Å². The molecule has 4 aliphatic carbocycles. The predicted molar refractivity (Wildman–Crippen MR) is 98.8 cm³/mol. The van der Waals surface area contributed by atoms with Crippen molar-refractivity contribution in [3.63, 3.8) is 0 Å². The van der Waals surface area contributed by atoms with E-state index in [9.17, 15) is 4.79 Å². The van der Waals surface area contributed by atoms with Crippen LogP contribution in [0.3, 0.4) is 0 Å². The smallest absolute Gasteiger partial charge is 0.258 e. The van der Waals surface area contributed by atoms with Crippen molar-refractivity contribution in [2.45, 2.75) is 51.0 Å². The molecule has 26 heavy (non-hydrogen) atoms. The van der Waals surface area contributed by atoms with E-state index < -0.39 is 0 Å². The third kappa shape index (κ3) is 3.24. The Balaban J connectivity index is 1.42. The molecule has 0 atom stereocenters. The summed E-state index contributed by atoms with van der Waals surface area (Å²) in [5.41, 5.74) is 1.03. The van der Waals surface area contributed by atoms with Crippen molar-refractivity contribution in [3.8, 4) is 17.2 Å². The molecule has 0 aromatic heterocycles. The molecule has 4 fully saturated rings. The van der Waals surface area contributed by atoms with Crippen LogP contribution in [0.2, 0.25) is 0 Å². The summed E-state index contributed by atoms with van der Waals surface area (Å²) >= 11 is 0. The number of ether oxygens (including phenoxy) is 3. The lowest BCUT2D eigenvalue weighted by Crippen LogP contribution is -2.60. The molecule has 0 spiro atoms. The second kappa shape index (κ2) is 6.67. The molecule has 5 heteroatoms. The van der Waals surface area contributed by atoms with Crippen LogP contribution in [-0.4, -0.2) is 32.3 Å². The van der Waals surface area contributed by atoms with E-state index in [0.717, 1.165) is 42.6 Å². The van der Waals surface area contributed by atoms with Crippen molar-refractivity contribution >= 4 is 5.91 Å². The quantitative estimate of drug-likeness (QED) is 0.845. The van der Waals surface area contributed by atoms with Crippen LogP contribution in [0.25, 0.3) is 0 Å². The van der Waals surface area contributed by atoms with Crippen molar-refractivity contribution in [1.29, 1.82) is 0 Å². The van der Waals surface area contributed by atoms with E-state index in [-0.39, 0.29) is 18.1 Å². The van der Waals surface area contributed by atoms with Gasteiger partial charge in [0.1, 0.15) is 0 Å². The molecule has 5 rings (SSSR count). The molecule has 4 bridgehead atoms. The van der Waals surface area contributed by atoms with Crippen LogP contribution in [0.15, 0.2) is 12.1 Å². The fourth-order valence-corrected chi connectivity index (χ4v) is 5.89. The molecule has 1 aromatic rings.